The van der Waals surface area contributed by atoms with Gasteiger partial charge in [-0.2, -0.15) is 0 Å². The minimum atomic E-state index is -0.371. The largest absolute Gasteiger partial charge is 0.465 e. The highest BCUT2D eigenvalue weighted by molar-refractivity contribution is 7.17. The molecule has 1 saturated heterocycles. The Morgan fingerprint density at radius 3 is 2.45 bits per heavy atom. The number of hydrogen-bond donors (Lipinski definition) is 1. The highest BCUT2D eigenvalue weighted by atomic mass is 32.1. The first-order chi connectivity index (χ1) is 15.0. The van der Waals surface area contributed by atoms with Crippen LogP contribution in [0, 0.1) is 5.82 Å². The van der Waals surface area contributed by atoms with E-state index in [4.69, 9.17) is 4.74 Å². The van der Waals surface area contributed by atoms with E-state index in [1.807, 2.05) is 12.1 Å². The summed E-state index contributed by atoms with van der Waals surface area (Å²) in [6, 6.07) is 6.60. The summed E-state index contributed by atoms with van der Waals surface area (Å²) in [5, 5.41) is 3.60. The number of methoxy groups -OCH3 is 1. The molecule has 0 saturated carbocycles. The van der Waals surface area contributed by atoms with Crippen LogP contribution in [0.1, 0.15) is 39.2 Å². The standard InChI is InChI=1S/C23H28FN3O3S/c1-30-23(29)21-18-4-2-3-5-19(18)31-22(21)25-20(28)15-27-12-10-26(11-13-27)14-16-6-8-17(24)9-7-16/h6-9H,2-5,10-15H2,1H3,(H,25,28). The second-order valence-electron chi connectivity index (χ2n) is 8.13. The molecule has 1 aromatic heterocycles. The van der Waals surface area contributed by atoms with Crippen LogP contribution in [0.15, 0.2) is 24.3 Å². The van der Waals surface area contributed by atoms with Crippen molar-refractivity contribution in [2.75, 3.05) is 45.2 Å². The van der Waals surface area contributed by atoms with Crippen LogP contribution < -0.4 is 5.32 Å². The average molecular weight is 446 g/mol. The van der Waals surface area contributed by atoms with Gasteiger partial charge in [0.2, 0.25) is 5.91 Å². The first-order valence-corrected chi connectivity index (χ1v) is 11.6. The molecule has 0 atom stereocenters. The van der Waals surface area contributed by atoms with Gasteiger partial charge in [-0.15, -0.1) is 11.3 Å². The smallest absolute Gasteiger partial charge is 0.341 e. The molecule has 6 nitrogen and oxygen atoms in total. The number of piperazine rings is 1. The maximum atomic E-state index is 13.1. The zero-order chi connectivity index (χ0) is 21.8. The molecule has 0 unspecified atom stereocenters. The van der Waals surface area contributed by atoms with Gasteiger partial charge in [-0.3, -0.25) is 14.6 Å². The summed E-state index contributed by atoms with van der Waals surface area (Å²) in [4.78, 5) is 30.7. The number of esters is 1. The van der Waals surface area contributed by atoms with E-state index in [-0.39, 0.29) is 17.7 Å². The molecule has 1 fully saturated rings. The SMILES string of the molecule is COC(=O)c1c(NC(=O)CN2CCN(Cc3ccc(F)cc3)CC2)sc2c1CCCC2. The van der Waals surface area contributed by atoms with E-state index in [1.54, 1.807) is 0 Å². The van der Waals surface area contributed by atoms with E-state index in [1.165, 1.54) is 35.5 Å². The number of anilines is 1. The number of fused-ring (bicyclic) bond motifs is 1. The van der Waals surface area contributed by atoms with Gasteiger partial charge >= 0.3 is 5.97 Å². The molecular formula is C23H28FN3O3S. The molecule has 1 N–H and O–H groups in total. The Bertz CT molecular complexity index is 936. The Morgan fingerprint density at radius 1 is 1.06 bits per heavy atom. The number of carbonyl (C=O) groups excluding carboxylic acids is 2. The fourth-order valence-electron chi connectivity index (χ4n) is 4.29. The summed E-state index contributed by atoms with van der Waals surface area (Å²) in [5.41, 5.74) is 2.68. The summed E-state index contributed by atoms with van der Waals surface area (Å²) >= 11 is 1.51. The van der Waals surface area contributed by atoms with Crippen LogP contribution in [0.3, 0.4) is 0 Å². The number of halogens is 1. The fourth-order valence-corrected chi connectivity index (χ4v) is 5.59. The van der Waals surface area contributed by atoms with Gasteiger partial charge in [-0.05, 0) is 48.9 Å². The molecule has 0 bridgehead atoms. The van der Waals surface area contributed by atoms with Crippen LogP contribution in [-0.4, -0.2) is 61.5 Å². The molecule has 2 aliphatic rings. The van der Waals surface area contributed by atoms with Crippen LogP contribution in [0.25, 0.3) is 0 Å². The minimum absolute atomic E-state index is 0.101. The molecule has 1 amide bonds. The second-order valence-corrected chi connectivity index (χ2v) is 9.24. The van der Waals surface area contributed by atoms with Gasteiger partial charge in [0.05, 0.1) is 19.2 Å². The molecule has 1 aliphatic carbocycles. The lowest BCUT2D eigenvalue weighted by molar-refractivity contribution is -0.117. The lowest BCUT2D eigenvalue weighted by Crippen LogP contribution is -2.48. The predicted molar refractivity (Wildman–Crippen MR) is 119 cm³/mol. The van der Waals surface area contributed by atoms with Gasteiger partial charge in [0.15, 0.2) is 0 Å². The van der Waals surface area contributed by atoms with Crippen molar-refractivity contribution in [1.29, 1.82) is 0 Å². The van der Waals surface area contributed by atoms with Gasteiger partial charge < -0.3 is 10.1 Å². The monoisotopic (exact) mass is 445 g/mol. The number of hydrogen-bond acceptors (Lipinski definition) is 6. The van der Waals surface area contributed by atoms with Crippen molar-refractivity contribution in [3.05, 3.63) is 51.7 Å². The number of thiophene rings is 1. The lowest BCUT2D eigenvalue weighted by Gasteiger charge is -2.34. The molecule has 4 rings (SSSR count). The van der Waals surface area contributed by atoms with Crippen molar-refractivity contribution in [2.24, 2.45) is 0 Å². The highest BCUT2D eigenvalue weighted by Gasteiger charge is 2.27. The fraction of sp³-hybridized carbons (Fsp3) is 0.478. The van der Waals surface area contributed by atoms with Crippen molar-refractivity contribution in [3.63, 3.8) is 0 Å². The highest BCUT2D eigenvalue weighted by Crippen LogP contribution is 2.38. The molecule has 2 heterocycles. The van der Waals surface area contributed by atoms with Gasteiger partial charge in [0.25, 0.3) is 0 Å². The van der Waals surface area contributed by atoms with E-state index in [2.05, 4.69) is 15.1 Å². The summed E-state index contributed by atoms with van der Waals surface area (Å²) in [6.07, 6.45) is 3.99. The molecule has 0 radical (unpaired) electrons. The van der Waals surface area contributed by atoms with Gasteiger partial charge in [-0.25, -0.2) is 9.18 Å². The van der Waals surface area contributed by atoms with Gasteiger partial charge in [0, 0.05) is 37.6 Å². The third-order valence-corrected chi connectivity index (χ3v) is 7.17. The van der Waals surface area contributed by atoms with Crippen molar-refractivity contribution in [1.82, 2.24) is 9.80 Å². The van der Waals surface area contributed by atoms with Crippen LogP contribution >= 0.6 is 11.3 Å². The first-order valence-electron chi connectivity index (χ1n) is 10.8. The predicted octanol–water partition coefficient (Wildman–Crippen LogP) is 3.31. The minimum Gasteiger partial charge on any atom is -0.465 e. The van der Waals surface area contributed by atoms with Crippen LogP contribution in [-0.2, 0) is 28.9 Å². The molecule has 0 spiro atoms. The second kappa shape index (κ2) is 9.89. The lowest BCUT2D eigenvalue weighted by atomic mass is 9.95. The van der Waals surface area contributed by atoms with Crippen LogP contribution in [0.5, 0.6) is 0 Å². The van der Waals surface area contributed by atoms with E-state index in [0.717, 1.165) is 69.5 Å². The van der Waals surface area contributed by atoms with Crippen LogP contribution in [0.4, 0.5) is 9.39 Å². The number of benzene rings is 1. The van der Waals surface area contributed by atoms with E-state index >= 15 is 0 Å². The summed E-state index contributed by atoms with van der Waals surface area (Å²) in [7, 11) is 1.38. The number of nitrogens with zero attached hydrogens (tertiary/aromatic N) is 2. The zero-order valence-electron chi connectivity index (χ0n) is 17.8. The maximum Gasteiger partial charge on any atom is 0.341 e. The molecular weight excluding hydrogens is 417 g/mol. The normalized spacial score (nSPS) is 17.2. The van der Waals surface area contributed by atoms with E-state index in [0.29, 0.717) is 17.1 Å². The molecule has 31 heavy (non-hydrogen) atoms. The molecule has 166 valence electrons. The number of aryl methyl sites for hydroxylation is 1. The number of rotatable bonds is 6. The van der Waals surface area contributed by atoms with Crippen molar-refractivity contribution in [3.8, 4) is 0 Å². The Morgan fingerprint density at radius 2 is 1.74 bits per heavy atom. The van der Waals surface area contributed by atoms with Crippen molar-refractivity contribution >= 4 is 28.2 Å². The van der Waals surface area contributed by atoms with Crippen molar-refractivity contribution in [2.45, 2.75) is 32.2 Å². The number of amides is 1. The third kappa shape index (κ3) is 5.31. The Labute approximate surface area is 186 Å². The maximum absolute atomic E-state index is 13.1. The summed E-state index contributed by atoms with van der Waals surface area (Å²) < 4.78 is 18.0. The van der Waals surface area contributed by atoms with E-state index in [9.17, 15) is 14.0 Å². The molecule has 1 aliphatic heterocycles. The number of ether oxygens (including phenoxy) is 1. The zero-order valence-corrected chi connectivity index (χ0v) is 18.6. The van der Waals surface area contributed by atoms with E-state index < -0.39 is 0 Å². The summed E-state index contributed by atoms with van der Waals surface area (Å²) in [6.45, 7) is 4.37. The number of nitrogens with one attached hydrogen (secondary N) is 1. The molecule has 8 heteroatoms. The summed E-state index contributed by atoms with van der Waals surface area (Å²) in [5.74, 6) is -0.693. The Balaban J connectivity index is 1.31. The Hall–Kier alpha value is -2.29. The molecule has 1 aromatic carbocycles. The average Bonchev–Trinajstić information content (AvgIpc) is 3.13. The Kier molecular flexibility index (Phi) is 6.99. The van der Waals surface area contributed by atoms with Gasteiger partial charge in [-0.1, -0.05) is 12.1 Å². The quantitative estimate of drug-likeness (QED) is 0.692. The first kappa shape index (κ1) is 21.9. The molecule has 2 aromatic rings. The van der Waals surface area contributed by atoms with Gasteiger partial charge in [0.1, 0.15) is 10.8 Å². The third-order valence-electron chi connectivity index (χ3n) is 5.97. The number of carbonyl (C=O) groups is 2. The topological polar surface area (TPSA) is 61.9 Å². The van der Waals surface area contributed by atoms with Crippen molar-refractivity contribution < 1.29 is 18.7 Å². The van der Waals surface area contributed by atoms with Crippen LogP contribution in [0.2, 0.25) is 0 Å².